The van der Waals surface area contributed by atoms with Gasteiger partial charge >= 0.3 is 5.97 Å². The van der Waals surface area contributed by atoms with Gasteiger partial charge < -0.3 is 16.6 Å². The summed E-state index contributed by atoms with van der Waals surface area (Å²) in [7, 11) is 0. The number of carboxylic acids is 1. The second kappa shape index (κ2) is 4.02. The zero-order chi connectivity index (χ0) is 9.84. The lowest BCUT2D eigenvalue weighted by atomic mass is 10.0. The minimum Gasteiger partial charge on any atom is -0.478 e. The van der Waals surface area contributed by atoms with Crippen LogP contribution in [0.5, 0.6) is 0 Å². The summed E-state index contributed by atoms with van der Waals surface area (Å²) in [5.74, 6) is -0.955. The maximum atomic E-state index is 10.7. The molecule has 0 saturated carbocycles. The Kier molecular flexibility index (Phi) is 3.00. The molecule has 1 aromatic carbocycles. The van der Waals surface area contributed by atoms with E-state index in [1.54, 1.807) is 12.1 Å². The first-order valence-corrected chi connectivity index (χ1v) is 3.94. The minimum absolute atomic E-state index is 0.218. The number of nitrogens with two attached hydrogens (primary N) is 2. The van der Waals surface area contributed by atoms with Gasteiger partial charge in [-0.1, -0.05) is 12.1 Å². The Hall–Kier alpha value is -1.39. The number of carboxylic acid groups (broad SMARTS) is 1. The lowest BCUT2D eigenvalue weighted by Crippen LogP contribution is -2.08. The summed E-state index contributed by atoms with van der Waals surface area (Å²) in [5, 5.41) is 8.77. The maximum absolute atomic E-state index is 10.7. The molecule has 0 atom stereocenters. The van der Waals surface area contributed by atoms with Gasteiger partial charge in [0.05, 0.1) is 5.56 Å². The second-order valence-corrected chi connectivity index (χ2v) is 2.70. The summed E-state index contributed by atoms with van der Waals surface area (Å²) >= 11 is 0. The van der Waals surface area contributed by atoms with E-state index in [1.165, 1.54) is 6.07 Å². The van der Waals surface area contributed by atoms with Gasteiger partial charge in [0, 0.05) is 13.1 Å². The second-order valence-electron chi connectivity index (χ2n) is 2.70. The predicted molar refractivity (Wildman–Crippen MR) is 49.2 cm³/mol. The number of carbonyl (C=O) groups is 1. The Labute approximate surface area is 76.2 Å². The van der Waals surface area contributed by atoms with Crippen molar-refractivity contribution in [1.29, 1.82) is 0 Å². The molecule has 0 fully saturated rings. The van der Waals surface area contributed by atoms with Crippen LogP contribution in [-0.2, 0) is 13.1 Å². The number of rotatable bonds is 3. The van der Waals surface area contributed by atoms with E-state index >= 15 is 0 Å². The quantitative estimate of drug-likeness (QED) is 0.624. The average molecular weight is 180 g/mol. The van der Waals surface area contributed by atoms with Gasteiger partial charge in [-0.2, -0.15) is 0 Å². The van der Waals surface area contributed by atoms with Gasteiger partial charge in [-0.3, -0.25) is 0 Å². The number of aromatic carboxylic acids is 1. The minimum atomic E-state index is -0.955. The van der Waals surface area contributed by atoms with Crippen molar-refractivity contribution in [3.05, 3.63) is 34.9 Å². The molecule has 70 valence electrons. The molecule has 0 aliphatic carbocycles. The molecule has 0 aromatic heterocycles. The zero-order valence-corrected chi connectivity index (χ0v) is 7.16. The number of hydrogen-bond donors (Lipinski definition) is 3. The monoisotopic (exact) mass is 180 g/mol. The average Bonchev–Trinajstić information content (AvgIpc) is 2.16. The van der Waals surface area contributed by atoms with E-state index in [0.29, 0.717) is 12.1 Å². The summed E-state index contributed by atoms with van der Waals surface area (Å²) in [6.45, 7) is 0.613. The van der Waals surface area contributed by atoms with Gasteiger partial charge in [-0.25, -0.2) is 4.79 Å². The van der Waals surface area contributed by atoms with Crippen molar-refractivity contribution >= 4 is 5.97 Å². The SMILES string of the molecule is NCc1ccc(C(=O)O)c(CN)c1. The van der Waals surface area contributed by atoms with Crippen molar-refractivity contribution in [1.82, 2.24) is 0 Å². The highest BCUT2D eigenvalue weighted by Gasteiger charge is 2.08. The fourth-order valence-electron chi connectivity index (χ4n) is 1.15. The van der Waals surface area contributed by atoms with Crippen LogP contribution < -0.4 is 11.5 Å². The van der Waals surface area contributed by atoms with E-state index in [0.717, 1.165) is 5.56 Å². The van der Waals surface area contributed by atoms with E-state index in [2.05, 4.69) is 0 Å². The normalized spacial score (nSPS) is 10.0. The molecule has 4 nitrogen and oxygen atoms in total. The van der Waals surface area contributed by atoms with E-state index in [4.69, 9.17) is 16.6 Å². The van der Waals surface area contributed by atoms with Crippen molar-refractivity contribution in [2.75, 3.05) is 0 Å². The van der Waals surface area contributed by atoms with Gasteiger partial charge in [0.2, 0.25) is 0 Å². The Bertz CT molecular complexity index is 323. The highest BCUT2D eigenvalue weighted by Crippen LogP contribution is 2.11. The van der Waals surface area contributed by atoms with Crippen LogP contribution in [-0.4, -0.2) is 11.1 Å². The summed E-state index contributed by atoms with van der Waals surface area (Å²) in [6, 6.07) is 4.96. The van der Waals surface area contributed by atoms with Gasteiger partial charge in [0.15, 0.2) is 0 Å². The van der Waals surface area contributed by atoms with Gasteiger partial charge in [-0.05, 0) is 17.2 Å². The third-order valence-electron chi connectivity index (χ3n) is 1.86. The van der Waals surface area contributed by atoms with Crippen LogP contribution in [0.15, 0.2) is 18.2 Å². The van der Waals surface area contributed by atoms with Gasteiger partial charge in [0.25, 0.3) is 0 Å². The van der Waals surface area contributed by atoms with Crippen LogP contribution in [0.3, 0.4) is 0 Å². The van der Waals surface area contributed by atoms with Crippen molar-refractivity contribution in [3.63, 3.8) is 0 Å². The van der Waals surface area contributed by atoms with Gasteiger partial charge in [-0.15, -0.1) is 0 Å². The number of benzene rings is 1. The van der Waals surface area contributed by atoms with Crippen LogP contribution in [0.2, 0.25) is 0 Å². The molecule has 13 heavy (non-hydrogen) atoms. The maximum Gasteiger partial charge on any atom is 0.336 e. The van der Waals surface area contributed by atoms with Crippen molar-refractivity contribution in [2.45, 2.75) is 13.1 Å². The Balaban J connectivity index is 3.15. The molecule has 0 aliphatic heterocycles. The third-order valence-corrected chi connectivity index (χ3v) is 1.86. The van der Waals surface area contributed by atoms with E-state index in [-0.39, 0.29) is 12.1 Å². The van der Waals surface area contributed by atoms with Crippen LogP contribution in [0.4, 0.5) is 0 Å². The summed E-state index contributed by atoms with van der Waals surface area (Å²) in [6.07, 6.45) is 0. The van der Waals surface area contributed by atoms with Crippen LogP contribution >= 0.6 is 0 Å². The molecular weight excluding hydrogens is 168 g/mol. The molecule has 0 bridgehead atoms. The van der Waals surface area contributed by atoms with Crippen LogP contribution in [0.1, 0.15) is 21.5 Å². The molecule has 0 radical (unpaired) electrons. The standard InChI is InChI=1S/C9H12N2O2/c10-4-6-1-2-8(9(12)13)7(3-6)5-11/h1-3H,4-5,10-11H2,(H,12,13). The Morgan fingerprint density at radius 1 is 1.31 bits per heavy atom. The predicted octanol–water partition coefficient (Wildman–Crippen LogP) is 0.302. The topological polar surface area (TPSA) is 89.3 Å². The molecule has 5 N–H and O–H groups in total. The lowest BCUT2D eigenvalue weighted by Gasteiger charge is -2.05. The fourth-order valence-corrected chi connectivity index (χ4v) is 1.15. The molecule has 0 amide bonds. The van der Waals surface area contributed by atoms with Crippen molar-refractivity contribution in [3.8, 4) is 0 Å². The molecule has 4 heteroatoms. The smallest absolute Gasteiger partial charge is 0.336 e. The highest BCUT2D eigenvalue weighted by atomic mass is 16.4. The first-order chi connectivity index (χ1) is 6.19. The third kappa shape index (κ3) is 2.05. The Morgan fingerprint density at radius 3 is 2.46 bits per heavy atom. The Morgan fingerprint density at radius 2 is 2.00 bits per heavy atom. The molecule has 0 aliphatic rings. The molecule has 1 aromatic rings. The van der Waals surface area contributed by atoms with Crippen molar-refractivity contribution < 1.29 is 9.90 Å². The molecular formula is C9H12N2O2. The highest BCUT2D eigenvalue weighted by molar-refractivity contribution is 5.89. The van der Waals surface area contributed by atoms with Crippen LogP contribution in [0, 0.1) is 0 Å². The van der Waals surface area contributed by atoms with E-state index in [1.807, 2.05) is 0 Å². The summed E-state index contributed by atoms with van der Waals surface area (Å²) in [5.41, 5.74) is 12.6. The lowest BCUT2D eigenvalue weighted by molar-refractivity contribution is 0.0695. The summed E-state index contributed by atoms with van der Waals surface area (Å²) < 4.78 is 0. The van der Waals surface area contributed by atoms with Crippen molar-refractivity contribution in [2.24, 2.45) is 11.5 Å². The fraction of sp³-hybridized carbons (Fsp3) is 0.222. The largest absolute Gasteiger partial charge is 0.478 e. The molecule has 0 heterocycles. The first kappa shape index (κ1) is 9.70. The van der Waals surface area contributed by atoms with Crippen LogP contribution in [0.25, 0.3) is 0 Å². The van der Waals surface area contributed by atoms with E-state index in [9.17, 15) is 4.79 Å². The summed E-state index contributed by atoms with van der Waals surface area (Å²) in [4.78, 5) is 10.7. The zero-order valence-electron chi connectivity index (χ0n) is 7.16. The molecule has 0 unspecified atom stereocenters. The molecule has 1 rings (SSSR count). The van der Waals surface area contributed by atoms with E-state index < -0.39 is 5.97 Å². The molecule has 0 saturated heterocycles. The number of hydrogen-bond acceptors (Lipinski definition) is 3. The molecule has 0 spiro atoms. The van der Waals surface area contributed by atoms with Gasteiger partial charge in [0.1, 0.15) is 0 Å². The first-order valence-electron chi connectivity index (χ1n) is 3.94.